The fourth-order valence-corrected chi connectivity index (χ4v) is 4.47. The van der Waals surface area contributed by atoms with E-state index in [0.717, 1.165) is 4.90 Å². The van der Waals surface area contributed by atoms with Crippen LogP contribution in [-0.2, 0) is 14.4 Å². The summed E-state index contributed by atoms with van der Waals surface area (Å²) in [4.78, 5) is 49.4. The minimum atomic E-state index is -1.15. The molecule has 10 nitrogen and oxygen atoms in total. The topological polar surface area (TPSA) is 131 Å². The number of benzene rings is 2. The first-order chi connectivity index (χ1) is 15.2. The van der Waals surface area contributed by atoms with Crippen LogP contribution in [0.3, 0.4) is 0 Å². The van der Waals surface area contributed by atoms with Crippen LogP contribution in [0.2, 0.25) is 0 Å². The SMILES string of the molecule is O=C(O)COc1c(Br)cc(/C=C2\C(=O)NC(=O)N(c3ccc4c(c3)OCO4)C2=O)cc1Br. The van der Waals surface area contributed by atoms with Crippen molar-refractivity contribution < 1.29 is 38.5 Å². The quantitative estimate of drug-likeness (QED) is 0.416. The summed E-state index contributed by atoms with van der Waals surface area (Å²) in [7, 11) is 0. The fraction of sp³-hybridized carbons (Fsp3) is 0.100. The fourth-order valence-electron chi connectivity index (χ4n) is 3.02. The largest absolute Gasteiger partial charge is 0.480 e. The Hall–Kier alpha value is -3.38. The number of nitrogens with zero attached hydrogens (tertiary/aromatic N) is 1. The Morgan fingerprint density at radius 2 is 1.81 bits per heavy atom. The molecular weight excluding hydrogens is 556 g/mol. The number of hydrogen-bond donors (Lipinski definition) is 2. The summed E-state index contributed by atoms with van der Waals surface area (Å²) >= 11 is 6.55. The van der Waals surface area contributed by atoms with Crippen LogP contribution in [0.25, 0.3) is 6.08 Å². The minimum absolute atomic E-state index is 0.0263. The Balaban J connectivity index is 1.67. The van der Waals surface area contributed by atoms with Crippen molar-refractivity contribution in [2.75, 3.05) is 18.3 Å². The molecule has 164 valence electrons. The predicted molar refractivity (Wildman–Crippen MR) is 117 cm³/mol. The number of ether oxygens (including phenoxy) is 3. The molecule has 2 N–H and O–H groups in total. The smallest absolute Gasteiger partial charge is 0.341 e. The second-order valence-corrected chi connectivity index (χ2v) is 8.20. The summed E-state index contributed by atoms with van der Waals surface area (Å²) in [6.45, 7) is -0.524. The molecule has 0 aromatic heterocycles. The number of carboxylic acid groups (broad SMARTS) is 1. The first-order valence-electron chi connectivity index (χ1n) is 8.89. The molecule has 2 aromatic rings. The molecule has 2 aromatic carbocycles. The zero-order valence-electron chi connectivity index (χ0n) is 15.9. The highest BCUT2D eigenvalue weighted by Crippen LogP contribution is 2.37. The van der Waals surface area contributed by atoms with Gasteiger partial charge in [-0.15, -0.1) is 0 Å². The van der Waals surface area contributed by atoms with E-state index in [-0.39, 0.29) is 23.8 Å². The van der Waals surface area contributed by atoms with E-state index in [2.05, 4.69) is 37.2 Å². The predicted octanol–water partition coefficient (Wildman–Crippen LogP) is 3.07. The van der Waals surface area contributed by atoms with Gasteiger partial charge in [0, 0.05) is 6.07 Å². The molecule has 0 aliphatic carbocycles. The number of halogens is 2. The Bertz CT molecular complexity index is 1190. The molecule has 0 unspecified atom stereocenters. The van der Waals surface area contributed by atoms with Crippen molar-refractivity contribution in [1.82, 2.24) is 5.32 Å². The van der Waals surface area contributed by atoms with Gasteiger partial charge in [0.15, 0.2) is 18.1 Å². The molecule has 1 fully saturated rings. The van der Waals surface area contributed by atoms with Crippen LogP contribution in [0, 0.1) is 0 Å². The first kappa shape index (κ1) is 21.8. The van der Waals surface area contributed by atoms with Crippen LogP contribution in [0.5, 0.6) is 17.2 Å². The number of hydrogen-bond acceptors (Lipinski definition) is 7. The maximum absolute atomic E-state index is 13.1. The molecule has 0 bridgehead atoms. The van der Waals surface area contributed by atoms with Gasteiger partial charge < -0.3 is 19.3 Å². The minimum Gasteiger partial charge on any atom is -0.480 e. The van der Waals surface area contributed by atoms with E-state index in [1.807, 2.05) is 0 Å². The molecule has 2 aliphatic heterocycles. The molecule has 12 heteroatoms. The van der Waals surface area contributed by atoms with Crippen LogP contribution in [0.15, 0.2) is 44.9 Å². The number of nitrogens with one attached hydrogen (secondary N) is 1. The van der Waals surface area contributed by atoms with E-state index < -0.39 is 30.4 Å². The average Bonchev–Trinajstić information content (AvgIpc) is 3.18. The van der Waals surface area contributed by atoms with Gasteiger partial charge in [-0.1, -0.05) is 0 Å². The van der Waals surface area contributed by atoms with E-state index in [1.165, 1.54) is 30.3 Å². The van der Waals surface area contributed by atoms with E-state index in [9.17, 15) is 19.2 Å². The second kappa shape index (κ2) is 8.63. The highest BCUT2D eigenvalue weighted by atomic mass is 79.9. The van der Waals surface area contributed by atoms with Crippen LogP contribution in [0.1, 0.15) is 5.56 Å². The standard InChI is InChI=1S/C20H12Br2N2O8/c21-12-4-9(5-13(22)17(12)30-7-16(25)26)3-11-18(27)23-20(29)24(19(11)28)10-1-2-14-15(6-10)32-8-31-14/h1-6H,7-8H2,(H,25,26)(H,23,27,29)/b11-3+. The number of carbonyl (C=O) groups excluding carboxylic acids is 3. The van der Waals surface area contributed by atoms with Crippen molar-refractivity contribution in [3.63, 3.8) is 0 Å². The van der Waals surface area contributed by atoms with Gasteiger partial charge in [-0.25, -0.2) is 14.5 Å². The average molecular weight is 568 g/mol. The maximum atomic E-state index is 13.1. The van der Waals surface area contributed by atoms with Gasteiger partial charge in [-0.2, -0.15) is 0 Å². The first-order valence-corrected chi connectivity index (χ1v) is 10.5. The normalized spacial score (nSPS) is 16.4. The van der Waals surface area contributed by atoms with Crippen LogP contribution >= 0.6 is 31.9 Å². The van der Waals surface area contributed by atoms with Crippen LogP contribution < -0.4 is 24.4 Å². The summed E-state index contributed by atoms with van der Waals surface area (Å²) in [6.07, 6.45) is 1.31. The number of fused-ring (bicyclic) bond motifs is 1. The number of carbonyl (C=O) groups is 4. The van der Waals surface area contributed by atoms with Crippen molar-refractivity contribution in [1.29, 1.82) is 0 Å². The molecule has 1 saturated heterocycles. The van der Waals surface area contributed by atoms with E-state index >= 15 is 0 Å². The molecule has 0 saturated carbocycles. The van der Waals surface area contributed by atoms with Gasteiger partial charge in [0.25, 0.3) is 11.8 Å². The number of carboxylic acids is 1. The van der Waals surface area contributed by atoms with Crippen molar-refractivity contribution in [2.45, 2.75) is 0 Å². The highest BCUT2D eigenvalue weighted by Gasteiger charge is 2.37. The van der Waals surface area contributed by atoms with Crippen molar-refractivity contribution in [3.8, 4) is 17.2 Å². The molecular formula is C20H12Br2N2O8. The lowest BCUT2D eigenvalue weighted by atomic mass is 10.1. The third kappa shape index (κ3) is 4.18. The Morgan fingerprint density at radius 1 is 1.12 bits per heavy atom. The van der Waals surface area contributed by atoms with E-state index in [4.69, 9.17) is 19.3 Å². The van der Waals surface area contributed by atoms with Gasteiger partial charge >= 0.3 is 12.0 Å². The van der Waals surface area contributed by atoms with Crippen molar-refractivity contribution in [2.24, 2.45) is 0 Å². The Kier molecular flexibility index (Phi) is 5.89. The third-order valence-electron chi connectivity index (χ3n) is 4.39. The van der Waals surface area contributed by atoms with Gasteiger partial charge in [0.2, 0.25) is 6.79 Å². The lowest BCUT2D eigenvalue weighted by Gasteiger charge is -2.26. The van der Waals surface area contributed by atoms with Gasteiger partial charge in [-0.3, -0.25) is 14.9 Å². The number of anilines is 1. The van der Waals surface area contributed by atoms with E-state index in [1.54, 1.807) is 6.07 Å². The number of rotatable bonds is 5. The summed E-state index contributed by atoms with van der Waals surface area (Å²) in [5.74, 6) is -1.73. The molecule has 0 atom stereocenters. The van der Waals surface area contributed by atoms with Gasteiger partial charge in [-0.05, 0) is 67.8 Å². The third-order valence-corrected chi connectivity index (χ3v) is 5.57. The van der Waals surface area contributed by atoms with Crippen LogP contribution in [-0.4, -0.2) is 42.3 Å². The number of imide groups is 2. The second-order valence-electron chi connectivity index (χ2n) is 6.49. The summed E-state index contributed by atoms with van der Waals surface area (Å²) in [5.41, 5.74) is 0.347. The number of aliphatic carboxylic acids is 1. The zero-order chi connectivity index (χ0) is 23.0. The molecule has 2 aliphatic rings. The van der Waals surface area contributed by atoms with Crippen LogP contribution in [0.4, 0.5) is 10.5 Å². The molecule has 0 spiro atoms. The molecule has 2 heterocycles. The zero-order valence-corrected chi connectivity index (χ0v) is 19.1. The monoisotopic (exact) mass is 566 g/mol. The number of urea groups is 1. The number of amides is 4. The highest BCUT2D eigenvalue weighted by molar-refractivity contribution is 9.11. The molecule has 0 radical (unpaired) electrons. The summed E-state index contributed by atoms with van der Waals surface area (Å²) < 4.78 is 16.5. The summed E-state index contributed by atoms with van der Waals surface area (Å²) in [6, 6.07) is 6.71. The number of barbiturate groups is 1. The lowest BCUT2D eigenvalue weighted by Crippen LogP contribution is -2.54. The summed E-state index contributed by atoms with van der Waals surface area (Å²) in [5, 5.41) is 10.9. The Morgan fingerprint density at radius 3 is 2.50 bits per heavy atom. The van der Waals surface area contributed by atoms with Gasteiger partial charge in [0.1, 0.15) is 11.3 Å². The molecule has 4 rings (SSSR count). The van der Waals surface area contributed by atoms with Gasteiger partial charge in [0.05, 0.1) is 14.6 Å². The van der Waals surface area contributed by atoms with E-state index in [0.29, 0.717) is 26.0 Å². The maximum Gasteiger partial charge on any atom is 0.341 e. The van der Waals surface area contributed by atoms with Crippen molar-refractivity contribution in [3.05, 3.63) is 50.4 Å². The molecule has 4 amide bonds. The Labute approximate surface area is 197 Å². The van der Waals surface area contributed by atoms with Crippen molar-refractivity contribution >= 4 is 67.4 Å². The molecule has 32 heavy (non-hydrogen) atoms. The lowest BCUT2D eigenvalue weighted by molar-refractivity contribution is -0.139.